The lowest BCUT2D eigenvalue weighted by Crippen LogP contribution is -2.64. The number of phenols is 1. The fourth-order valence-corrected chi connectivity index (χ4v) is 7.18. The smallest absolute Gasteiger partial charge is 0.310 e. The molecule has 5 aliphatic rings. The van der Waals surface area contributed by atoms with Crippen molar-refractivity contribution in [1.29, 1.82) is 0 Å². The minimum atomic E-state index is -1.31. The van der Waals surface area contributed by atoms with Crippen molar-refractivity contribution < 1.29 is 58.0 Å². The summed E-state index contributed by atoms with van der Waals surface area (Å²) in [5, 5.41) is 33.2. The zero-order chi connectivity index (χ0) is 28.6. The van der Waals surface area contributed by atoms with Crippen LogP contribution in [0.25, 0.3) is 0 Å². The van der Waals surface area contributed by atoms with Crippen molar-refractivity contribution in [3.8, 4) is 28.7 Å². The summed E-state index contributed by atoms with van der Waals surface area (Å²) in [4.78, 5) is 13.5. The van der Waals surface area contributed by atoms with E-state index in [1.54, 1.807) is 19.1 Å². The van der Waals surface area contributed by atoms with E-state index in [0.29, 0.717) is 17.1 Å². The lowest BCUT2D eigenvalue weighted by atomic mass is 9.60. The van der Waals surface area contributed by atoms with Crippen LogP contribution in [0.1, 0.15) is 35.4 Å². The fraction of sp³-hybridized carbons (Fsp3) is 0.552. The summed E-state index contributed by atoms with van der Waals surface area (Å²) in [5.74, 6) is -1.34. The molecule has 3 fully saturated rings. The number of hydrogen-bond acceptors (Lipinski definition) is 12. The van der Waals surface area contributed by atoms with E-state index in [9.17, 15) is 20.1 Å². The normalized spacial score (nSPS) is 37.0. The number of fused-ring (bicyclic) bond motifs is 4. The van der Waals surface area contributed by atoms with Crippen LogP contribution in [-0.2, 0) is 23.7 Å². The molecular formula is C29H32O12. The maximum absolute atomic E-state index is 13.5. The first-order valence-electron chi connectivity index (χ1n) is 13.6. The molecule has 2 aromatic rings. The number of aliphatic hydroxyl groups excluding tert-OH is 2. The van der Waals surface area contributed by atoms with Crippen molar-refractivity contribution in [2.24, 2.45) is 11.8 Å². The minimum absolute atomic E-state index is 0.0429. The summed E-state index contributed by atoms with van der Waals surface area (Å²) in [7, 11) is 2.88. The summed E-state index contributed by atoms with van der Waals surface area (Å²) >= 11 is 0. The van der Waals surface area contributed by atoms with Crippen LogP contribution in [0, 0.1) is 11.8 Å². The van der Waals surface area contributed by atoms with Gasteiger partial charge in [-0.25, -0.2) is 0 Å². The van der Waals surface area contributed by atoms with Crippen LogP contribution in [0.15, 0.2) is 24.3 Å². The number of aromatic hydroxyl groups is 1. The van der Waals surface area contributed by atoms with E-state index < -0.39 is 66.5 Å². The van der Waals surface area contributed by atoms with Crippen molar-refractivity contribution >= 4 is 5.97 Å². The van der Waals surface area contributed by atoms with E-state index in [4.69, 9.17) is 37.9 Å². The zero-order valence-electron chi connectivity index (χ0n) is 22.7. The van der Waals surface area contributed by atoms with E-state index in [2.05, 4.69) is 0 Å². The molecule has 12 heteroatoms. The number of cyclic esters (lactones) is 1. The first-order valence-corrected chi connectivity index (χ1v) is 13.6. The molecule has 7 rings (SSSR count). The Morgan fingerprint density at radius 1 is 0.829 bits per heavy atom. The highest BCUT2D eigenvalue weighted by Gasteiger charge is 2.59. The summed E-state index contributed by atoms with van der Waals surface area (Å²) in [6, 6.07) is 7.05. The molecule has 220 valence electrons. The molecule has 12 nitrogen and oxygen atoms in total. The van der Waals surface area contributed by atoms with Gasteiger partial charge in [-0.05, 0) is 47.9 Å². The highest BCUT2D eigenvalue weighted by molar-refractivity contribution is 5.79. The van der Waals surface area contributed by atoms with Crippen LogP contribution in [0.2, 0.25) is 0 Å². The minimum Gasteiger partial charge on any atom is -0.502 e. The van der Waals surface area contributed by atoms with Gasteiger partial charge in [0.15, 0.2) is 29.3 Å². The third kappa shape index (κ3) is 4.03. The fourth-order valence-electron chi connectivity index (χ4n) is 7.18. The predicted molar refractivity (Wildman–Crippen MR) is 137 cm³/mol. The molecule has 0 amide bonds. The second-order valence-electron chi connectivity index (χ2n) is 11.1. The number of benzene rings is 2. The highest BCUT2D eigenvalue weighted by atomic mass is 16.7. The Bertz CT molecular complexity index is 1330. The molecule has 1 unspecified atom stereocenters. The molecule has 3 N–H and O–H groups in total. The number of hydrogen-bond donors (Lipinski definition) is 3. The molecule has 0 saturated carbocycles. The molecule has 0 aromatic heterocycles. The van der Waals surface area contributed by atoms with Gasteiger partial charge < -0.3 is 53.2 Å². The SMILES string of the molecule is COc1cc([C@@H]2c3cc4c(cc3[C@@H](C3O[C@H]5CO[C@@H](C)O[C@H]5[C@H](O)[C@@H]3O)[C@H]3COC(=O)[C@H]23)OCO4)cc(OC)c1O. The number of esters is 1. The number of rotatable bonds is 4. The number of methoxy groups -OCH3 is 2. The van der Waals surface area contributed by atoms with Crippen molar-refractivity contribution in [2.45, 2.75) is 55.6 Å². The first-order chi connectivity index (χ1) is 19.8. The van der Waals surface area contributed by atoms with Gasteiger partial charge in [-0.3, -0.25) is 4.79 Å². The van der Waals surface area contributed by atoms with E-state index in [-0.39, 0.29) is 37.3 Å². The van der Waals surface area contributed by atoms with Crippen molar-refractivity contribution in [3.63, 3.8) is 0 Å². The lowest BCUT2D eigenvalue weighted by molar-refractivity contribution is -0.324. The maximum atomic E-state index is 13.5. The summed E-state index contributed by atoms with van der Waals surface area (Å²) in [6.45, 7) is 2.04. The van der Waals surface area contributed by atoms with E-state index >= 15 is 0 Å². The maximum Gasteiger partial charge on any atom is 0.310 e. The van der Waals surface area contributed by atoms with Crippen LogP contribution in [-0.4, -0.2) is 92.3 Å². The third-order valence-corrected chi connectivity index (χ3v) is 9.02. The number of aliphatic hydroxyl groups is 2. The molecule has 0 radical (unpaired) electrons. The number of carbonyl (C=O) groups excluding carboxylic acids is 1. The quantitative estimate of drug-likeness (QED) is 0.454. The molecule has 2 aromatic carbocycles. The molecule has 0 spiro atoms. The Morgan fingerprint density at radius 3 is 2.17 bits per heavy atom. The van der Waals surface area contributed by atoms with Crippen LogP contribution < -0.4 is 18.9 Å². The monoisotopic (exact) mass is 572 g/mol. The lowest BCUT2D eigenvalue weighted by Gasteiger charge is -2.50. The zero-order valence-corrected chi connectivity index (χ0v) is 22.7. The molecule has 4 heterocycles. The van der Waals surface area contributed by atoms with Crippen LogP contribution >= 0.6 is 0 Å². The van der Waals surface area contributed by atoms with Gasteiger partial charge in [0.1, 0.15) is 24.4 Å². The van der Waals surface area contributed by atoms with Gasteiger partial charge in [-0.15, -0.1) is 0 Å². The second-order valence-corrected chi connectivity index (χ2v) is 11.1. The molecule has 41 heavy (non-hydrogen) atoms. The molecule has 1 aliphatic carbocycles. The Balaban J connectivity index is 1.39. The van der Waals surface area contributed by atoms with Gasteiger partial charge in [-0.1, -0.05) is 0 Å². The van der Waals surface area contributed by atoms with Crippen LogP contribution in [0.4, 0.5) is 0 Å². The number of carbonyl (C=O) groups is 1. The summed E-state index contributed by atoms with van der Waals surface area (Å²) in [6.07, 6.45) is -5.37. The van der Waals surface area contributed by atoms with Gasteiger partial charge in [0, 0.05) is 17.8 Å². The topological polar surface area (TPSA) is 152 Å². The first kappa shape index (κ1) is 26.6. The molecule has 4 aliphatic heterocycles. The average Bonchev–Trinajstić information content (AvgIpc) is 3.59. The van der Waals surface area contributed by atoms with Gasteiger partial charge >= 0.3 is 5.97 Å². The van der Waals surface area contributed by atoms with Gasteiger partial charge in [-0.2, -0.15) is 0 Å². The highest BCUT2D eigenvalue weighted by Crippen LogP contribution is 2.58. The Hall–Kier alpha value is -3.29. The second kappa shape index (κ2) is 9.92. The van der Waals surface area contributed by atoms with Crippen LogP contribution in [0.3, 0.4) is 0 Å². The Labute approximate surface area is 235 Å². The molecule has 3 saturated heterocycles. The van der Waals surface area contributed by atoms with Crippen molar-refractivity contribution in [3.05, 3.63) is 41.0 Å². The summed E-state index contributed by atoms with van der Waals surface area (Å²) < 4.78 is 45.8. The largest absolute Gasteiger partial charge is 0.502 e. The van der Waals surface area contributed by atoms with Crippen molar-refractivity contribution in [2.75, 3.05) is 34.2 Å². The Kier molecular flexibility index (Phi) is 6.43. The molecule has 10 atom stereocenters. The van der Waals surface area contributed by atoms with Crippen LogP contribution in [0.5, 0.6) is 28.7 Å². The Morgan fingerprint density at radius 2 is 1.49 bits per heavy atom. The van der Waals surface area contributed by atoms with Crippen molar-refractivity contribution in [1.82, 2.24) is 0 Å². The van der Waals surface area contributed by atoms with E-state index in [1.807, 2.05) is 12.1 Å². The third-order valence-electron chi connectivity index (χ3n) is 9.02. The molecular weight excluding hydrogens is 540 g/mol. The van der Waals surface area contributed by atoms with Gasteiger partial charge in [0.05, 0.1) is 39.5 Å². The molecule has 0 bridgehead atoms. The standard InChI is InChI=1S/C29H32O12/c1-11-36-9-20-27(40-11)25(31)26(32)28(41-20)22-14-7-17-16(38-10-39-17)6-13(14)21(23-15(22)8-37-29(23)33)12-4-18(34-2)24(30)19(5-12)35-3/h4-7,11,15,20-23,25-28,30-32H,8-10H2,1-3H3/t11-,15-,20+,21-,22-,23+,25-,26+,27-,28?/m1/s1. The summed E-state index contributed by atoms with van der Waals surface area (Å²) in [5.41, 5.74) is 2.18. The van der Waals surface area contributed by atoms with E-state index in [0.717, 1.165) is 11.1 Å². The van der Waals surface area contributed by atoms with Gasteiger partial charge in [0.25, 0.3) is 0 Å². The number of phenolic OH excluding ortho intramolecular Hbond substituents is 1. The average molecular weight is 573 g/mol. The van der Waals surface area contributed by atoms with Gasteiger partial charge in [0.2, 0.25) is 12.5 Å². The number of ether oxygens (including phenoxy) is 8. The predicted octanol–water partition coefficient (Wildman–Crippen LogP) is 1.41. The van der Waals surface area contributed by atoms with E-state index in [1.165, 1.54) is 14.2 Å².